The van der Waals surface area contributed by atoms with Crippen LogP contribution in [0.3, 0.4) is 0 Å². The summed E-state index contributed by atoms with van der Waals surface area (Å²) in [6.45, 7) is 4.47. The molecule has 0 unspecified atom stereocenters. The second-order valence-electron chi connectivity index (χ2n) is 3.21. The zero-order chi connectivity index (χ0) is 12.8. The van der Waals surface area contributed by atoms with Gasteiger partial charge in [-0.3, -0.25) is 10.1 Å². The van der Waals surface area contributed by atoms with Gasteiger partial charge in [-0.15, -0.1) is 6.58 Å². The van der Waals surface area contributed by atoms with Crippen LogP contribution in [-0.4, -0.2) is 34.7 Å². The molecule has 6 nitrogen and oxygen atoms in total. The fraction of sp³-hybridized carbons (Fsp3) is 0.300. The molecule has 0 saturated heterocycles. The van der Waals surface area contributed by atoms with Crippen LogP contribution in [0.25, 0.3) is 0 Å². The Hall–Kier alpha value is -1.47. The van der Waals surface area contributed by atoms with Crippen molar-refractivity contribution < 1.29 is 10.0 Å². The summed E-state index contributed by atoms with van der Waals surface area (Å²) in [6, 6.07) is 1.38. The summed E-state index contributed by atoms with van der Waals surface area (Å²) in [7, 11) is 0. The van der Waals surface area contributed by atoms with Crippen molar-refractivity contribution in [3.63, 3.8) is 0 Å². The van der Waals surface area contributed by atoms with Crippen LogP contribution in [0, 0.1) is 10.1 Å². The van der Waals surface area contributed by atoms with Crippen LogP contribution in [0.2, 0.25) is 0 Å². The SMILES string of the molecule is C=CCN(CCO)c1ncc([N+](=O)[O-])cc1Br. The average molecular weight is 302 g/mol. The molecule has 1 N–H and O–H groups in total. The van der Waals surface area contributed by atoms with Gasteiger partial charge in [-0.05, 0) is 15.9 Å². The van der Waals surface area contributed by atoms with E-state index in [0.717, 1.165) is 0 Å². The Kier molecular flexibility index (Phi) is 5.05. The number of nitrogens with zero attached hydrogens (tertiary/aromatic N) is 3. The molecule has 0 amide bonds. The van der Waals surface area contributed by atoms with E-state index in [0.29, 0.717) is 23.4 Å². The summed E-state index contributed by atoms with van der Waals surface area (Å²) in [5.74, 6) is 0.546. The van der Waals surface area contributed by atoms with Crippen molar-refractivity contribution in [2.24, 2.45) is 0 Å². The smallest absolute Gasteiger partial charge is 0.288 e. The zero-order valence-corrected chi connectivity index (χ0v) is 10.6. The van der Waals surface area contributed by atoms with Gasteiger partial charge in [0.15, 0.2) is 0 Å². The first-order chi connectivity index (χ1) is 8.10. The molecule has 0 bridgehead atoms. The number of pyridine rings is 1. The second kappa shape index (κ2) is 6.31. The van der Waals surface area contributed by atoms with Gasteiger partial charge in [-0.2, -0.15) is 0 Å². The second-order valence-corrected chi connectivity index (χ2v) is 4.07. The van der Waals surface area contributed by atoms with Crippen molar-refractivity contribution in [3.05, 3.63) is 39.5 Å². The third kappa shape index (κ3) is 3.50. The summed E-state index contributed by atoms with van der Waals surface area (Å²) < 4.78 is 0.516. The summed E-state index contributed by atoms with van der Waals surface area (Å²) in [4.78, 5) is 15.8. The van der Waals surface area contributed by atoms with Crippen LogP contribution in [0.15, 0.2) is 29.4 Å². The summed E-state index contributed by atoms with van der Waals surface area (Å²) in [5.41, 5.74) is -0.0804. The Labute approximate surface area is 107 Å². The van der Waals surface area contributed by atoms with Crippen LogP contribution in [0.5, 0.6) is 0 Å². The van der Waals surface area contributed by atoms with Gasteiger partial charge in [0.25, 0.3) is 5.69 Å². The molecule has 7 heteroatoms. The average Bonchev–Trinajstić information content (AvgIpc) is 2.28. The lowest BCUT2D eigenvalue weighted by Crippen LogP contribution is -2.27. The predicted octanol–water partition coefficient (Wildman–Crippen LogP) is 1.74. The molecule has 1 aromatic rings. The Morgan fingerprint density at radius 1 is 1.71 bits per heavy atom. The highest BCUT2D eigenvalue weighted by Gasteiger charge is 2.14. The van der Waals surface area contributed by atoms with Crippen molar-refractivity contribution in [2.45, 2.75) is 0 Å². The van der Waals surface area contributed by atoms with Gasteiger partial charge in [0.05, 0.1) is 16.0 Å². The van der Waals surface area contributed by atoms with Gasteiger partial charge in [-0.1, -0.05) is 6.08 Å². The maximum atomic E-state index is 10.6. The minimum atomic E-state index is -0.509. The molecule has 17 heavy (non-hydrogen) atoms. The minimum Gasteiger partial charge on any atom is -0.395 e. The van der Waals surface area contributed by atoms with Crippen LogP contribution in [-0.2, 0) is 0 Å². The normalized spacial score (nSPS) is 10.0. The van der Waals surface area contributed by atoms with E-state index >= 15 is 0 Å². The molecule has 0 aromatic carbocycles. The zero-order valence-electron chi connectivity index (χ0n) is 9.04. The molecule has 1 aromatic heterocycles. The molecule has 0 atom stereocenters. The van der Waals surface area contributed by atoms with Crippen molar-refractivity contribution in [3.8, 4) is 0 Å². The maximum Gasteiger partial charge on any atom is 0.288 e. The van der Waals surface area contributed by atoms with Crippen LogP contribution in [0.1, 0.15) is 0 Å². The van der Waals surface area contributed by atoms with Gasteiger partial charge >= 0.3 is 0 Å². The molecule has 0 aliphatic rings. The molecular weight excluding hydrogens is 290 g/mol. The van der Waals surface area contributed by atoms with E-state index in [4.69, 9.17) is 5.11 Å². The number of hydrogen-bond acceptors (Lipinski definition) is 5. The first kappa shape index (κ1) is 13.6. The minimum absolute atomic E-state index is 0.0288. The number of anilines is 1. The van der Waals surface area contributed by atoms with Crippen LogP contribution >= 0.6 is 15.9 Å². The number of hydrogen-bond donors (Lipinski definition) is 1. The van der Waals surface area contributed by atoms with E-state index < -0.39 is 4.92 Å². The number of halogens is 1. The summed E-state index contributed by atoms with van der Waals surface area (Å²) in [5, 5.41) is 19.5. The lowest BCUT2D eigenvalue weighted by atomic mass is 10.3. The third-order valence-corrected chi connectivity index (χ3v) is 2.62. The van der Waals surface area contributed by atoms with E-state index in [-0.39, 0.29) is 12.3 Å². The number of nitro groups is 1. The Balaban J connectivity index is 3.03. The van der Waals surface area contributed by atoms with Crippen molar-refractivity contribution in [2.75, 3.05) is 24.6 Å². The number of aromatic nitrogens is 1. The van der Waals surface area contributed by atoms with Crippen molar-refractivity contribution >= 4 is 27.4 Å². The first-order valence-corrected chi connectivity index (χ1v) is 5.66. The molecule has 1 heterocycles. The topological polar surface area (TPSA) is 79.5 Å². The van der Waals surface area contributed by atoms with Crippen molar-refractivity contribution in [1.82, 2.24) is 4.98 Å². The Bertz CT molecular complexity index is 425. The maximum absolute atomic E-state index is 10.6. The van der Waals surface area contributed by atoms with E-state index in [2.05, 4.69) is 27.5 Å². The third-order valence-electron chi connectivity index (χ3n) is 2.04. The summed E-state index contributed by atoms with van der Waals surface area (Å²) in [6.07, 6.45) is 2.86. The molecule has 0 aliphatic heterocycles. The monoisotopic (exact) mass is 301 g/mol. The molecule has 0 aliphatic carbocycles. The Morgan fingerprint density at radius 2 is 2.41 bits per heavy atom. The number of aliphatic hydroxyl groups excluding tert-OH is 1. The molecule has 0 spiro atoms. The Morgan fingerprint density at radius 3 is 2.88 bits per heavy atom. The van der Waals surface area contributed by atoms with Gasteiger partial charge in [0.2, 0.25) is 0 Å². The van der Waals surface area contributed by atoms with Crippen molar-refractivity contribution in [1.29, 1.82) is 0 Å². The highest BCUT2D eigenvalue weighted by Crippen LogP contribution is 2.27. The number of rotatable bonds is 6. The van der Waals surface area contributed by atoms with Gasteiger partial charge in [0.1, 0.15) is 12.0 Å². The first-order valence-electron chi connectivity index (χ1n) is 4.86. The van der Waals surface area contributed by atoms with Gasteiger partial charge in [-0.25, -0.2) is 4.98 Å². The molecule has 92 valence electrons. The van der Waals surface area contributed by atoms with Crippen LogP contribution < -0.4 is 4.90 Å². The standard InChI is InChI=1S/C10H12BrN3O3/c1-2-3-13(4-5-15)10-9(11)6-8(7-12-10)14(16)17/h2,6-7,15H,1,3-5H2. The summed E-state index contributed by atoms with van der Waals surface area (Å²) >= 11 is 3.23. The highest BCUT2D eigenvalue weighted by atomic mass is 79.9. The van der Waals surface area contributed by atoms with Gasteiger partial charge in [0, 0.05) is 19.2 Å². The number of aliphatic hydroxyl groups is 1. The van der Waals surface area contributed by atoms with Crippen LogP contribution in [0.4, 0.5) is 11.5 Å². The molecule has 0 radical (unpaired) electrons. The highest BCUT2D eigenvalue weighted by molar-refractivity contribution is 9.10. The van der Waals surface area contributed by atoms with E-state index in [1.165, 1.54) is 12.3 Å². The largest absolute Gasteiger partial charge is 0.395 e. The molecule has 1 rings (SSSR count). The van der Waals surface area contributed by atoms with E-state index in [1.807, 2.05) is 0 Å². The predicted molar refractivity (Wildman–Crippen MR) is 68.1 cm³/mol. The lowest BCUT2D eigenvalue weighted by molar-refractivity contribution is -0.385. The van der Waals surface area contributed by atoms with E-state index in [1.54, 1.807) is 11.0 Å². The van der Waals surface area contributed by atoms with E-state index in [9.17, 15) is 10.1 Å². The fourth-order valence-corrected chi connectivity index (χ4v) is 1.90. The lowest BCUT2D eigenvalue weighted by Gasteiger charge is -2.21. The fourth-order valence-electron chi connectivity index (χ4n) is 1.31. The molecule has 0 fully saturated rings. The molecule has 0 saturated carbocycles. The molecular formula is C10H12BrN3O3. The van der Waals surface area contributed by atoms with Gasteiger partial charge < -0.3 is 10.0 Å². The quantitative estimate of drug-likeness (QED) is 0.492.